The molecule has 0 fully saturated rings. The average molecular weight is 364 g/mol. The minimum absolute atomic E-state index is 0.185. The van der Waals surface area contributed by atoms with Crippen LogP contribution in [0.5, 0.6) is 5.75 Å². The van der Waals surface area contributed by atoms with Crippen LogP contribution in [0.1, 0.15) is 46.1 Å². The van der Waals surface area contributed by atoms with E-state index in [0.717, 1.165) is 11.1 Å². The molecule has 0 saturated heterocycles. The van der Waals surface area contributed by atoms with Gasteiger partial charge in [-0.05, 0) is 36.2 Å². The van der Waals surface area contributed by atoms with Crippen LogP contribution in [0, 0.1) is 0 Å². The number of carbonyl (C=O) groups is 1. The van der Waals surface area contributed by atoms with E-state index in [2.05, 4.69) is 24.4 Å². The number of hydrazone groups is 1. The van der Waals surface area contributed by atoms with Crippen LogP contribution < -0.4 is 5.43 Å². The number of hydrogen-bond donors (Lipinski definition) is 2. The summed E-state index contributed by atoms with van der Waals surface area (Å²) < 4.78 is 0. The SMILES string of the molecule is CC(C)c1cc(C(=O)N/N=C(\c2ccccc2)c2ccc(O)cc2)cs1. The summed E-state index contributed by atoms with van der Waals surface area (Å²) in [6.07, 6.45) is 0. The molecule has 0 atom stereocenters. The zero-order valence-corrected chi connectivity index (χ0v) is 15.5. The number of nitrogens with zero attached hydrogens (tertiary/aromatic N) is 1. The van der Waals surface area contributed by atoms with Gasteiger partial charge >= 0.3 is 0 Å². The largest absolute Gasteiger partial charge is 0.508 e. The molecule has 1 heterocycles. The number of nitrogens with one attached hydrogen (secondary N) is 1. The Hall–Kier alpha value is -2.92. The summed E-state index contributed by atoms with van der Waals surface area (Å²) in [6.45, 7) is 4.20. The molecule has 0 saturated carbocycles. The number of benzene rings is 2. The first-order valence-corrected chi connectivity index (χ1v) is 9.24. The van der Waals surface area contributed by atoms with Crippen LogP contribution in [-0.2, 0) is 0 Å². The molecule has 3 aromatic rings. The van der Waals surface area contributed by atoms with Gasteiger partial charge in [-0.2, -0.15) is 5.10 Å². The van der Waals surface area contributed by atoms with Crippen molar-refractivity contribution >= 4 is 23.0 Å². The number of aromatic hydroxyl groups is 1. The molecule has 0 aliphatic heterocycles. The Bertz CT molecular complexity index is 913. The third kappa shape index (κ3) is 4.18. The maximum Gasteiger partial charge on any atom is 0.272 e. The molecule has 2 N–H and O–H groups in total. The number of phenols is 1. The minimum Gasteiger partial charge on any atom is -0.508 e. The van der Waals surface area contributed by atoms with E-state index in [-0.39, 0.29) is 11.7 Å². The van der Waals surface area contributed by atoms with Gasteiger partial charge in [0.15, 0.2) is 0 Å². The number of phenolic OH excluding ortho intramolecular Hbond substituents is 1. The van der Waals surface area contributed by atoms with Crippen molar-refractivity contribution < 1.29 is 9.90 Å². The summed E-state index contributed by atoms with van der Waals surface area (Å²) in [5.41, 5.74) is 5.59. The van der Waals surface area contributed by atoms with Gasteiger partial charge in [-0.1, -0.05) is 44.2 Å². The number of thiophene rings is 1. The first kappa shape index (κ1) is 17.9. The highest BCUT2D eigenvalue weighted by atomic mass is 32.1. The Morgan fingerprint density at radius 1 is 1.00 bits per heavy atom. The molecule has 0 bridgehead atoms. The second-order valence-corrected chi connectivity index (χ2v) is 7.15. The molecular weight excluding hydrogens is 344 g/mol. The molecule has 0 spiro atoms. The fraction of sp³-hybridized carbons (Fsp3) is 0.143. The molecule has 2 aromatic carbocycles. The number of rotatable bonds is 5. The van der Waals surface area contributed by atoms with Crippen molar-refractivity contribution in [1.82, 2.24) is 5.43 Å². The lowest BCUT2D eigenvalue weighted by atomic mass is 10.0. The van der Waals surface area contributed by atoms with Gasteiger partial charge in [-0.3, -0.25) is 4.79 Å². The van der Waals surface area contributed by atoms with Crippen LogP contribution >= 0.6 is 11.3 Å². The summed E-state index contributed by atoms with van der Waals surface area (Å²) in [4.78, 5) is 13.6. The predicted molar refractivity (Wildman–Crippen MR) is 106 cm³/mol. The Morgan fingerprint density at radius 3 is 2.27 bits per heavy atom. The average Bonchev–Trinajstić information content (AvgIpc) is 3.15. The highest BCUT2D eigenvalue weighted by molar-refractivity contribution is 7.10. The highest BCUT2D eigenvalue weighted by Crippen LogP contribution is 2.23. The molecule has 26 heavy (non-hydrogen) atoms. The quantitative estimate of drug-likeness (QED) is 0.506. The molecule has 4 nitrogen and oxygen atoms in total. The number of amides is 1. The molecule has 1 aromatic heterocycles. The summed E-state index contributed by atoms with van der Waals surface area (Å²) in [5, 5.41) is 15.7. The molecule has 0 unspecified atom stereocenters. The van der Waals surface area contributed by atoms with Crippen LogP contribution in [0.25, 0.3) is 0 Å². The van der Waals surface area contributed by atoms with Gasteiger partial charge in [0.1, 0.15) is 5.75 Å². The van der Waals surface area contributed by atoms with Crippen molar-refractivity contribution in [2.45, 2.75) is 19.8 Å². The third-order valence-electron chi connectivity index (χ3n) is 3.91. The summed E-state index contributed by atoms with van der Waals surface area (Å²) >= 11 is 1.58. The van der Waals surface area contributed by atoms with Gasteiger partial charge in [-0.15, -0.1) is 11.3 Å². The first-order valence-electron chi connectivity index (χ1n) is 8.36. The van der Waals surface area contributed by atoms with E-state index >= 15 is 0 Å². The van der Waals surface area contributed by atoms with Gasteiger partial charge in [0.05, 0.1) is 11.3 Å². The second-order valence-electron chi connectivity index (χ2n) is 6.21. The molecular formula is C21H20N2O2S. The van der Waals surface area contributed by atoms with Gasteiger partial charge in [-0.25, -0.2) is 5.43 Å². The summed E-state index contributed by atoms with van der Waals surface area (Å²) in [7, 11) is 0. The molecule has 0 radical (unpaired) electrons. The maximum atomic E-state index is 12.5. The summed E-state index contributed by atoms with van der Waals surface area (Å²) in [6, 6.07) is 18.3. The zero-order valence-electron chi connectivity index (χ0n) is 14.6. The standard InChI is InChI=1S/C21H20N2O2S/c1-14(2)19-12-17(13-26-19)21(25)23-22-20(15-6-4-3-5-7-15)16-8-10-18(24)11-9-16/h3-14,24H,1-2H3,(H,23,25)/b22-20+. The second kappa shape index (κ2) is 7.97. The lowest BCUT2D eigenvalue weighted by molar-refractivity contribution is 0.0955. The van der Waals surface area contributed by atoms with E-state index in [0.29, 0.717) is 17.2 Å². The van der Waals surface area contributed by atoms with Crippen molar-refractivity contribution in [2.24, 2.45) is 5.10 Å². The Morgan fingerprint density at radius 2 is 1.65 bits per heavy atom. The van der Waals surface area contributed by atoms with E-state index in [1.807, 2.05) is 41.8 Å². The predicted octanol–water partition coefficient (Wildman–Crippen LogP) is 4.76. The summed E-state index contributed by atoms with van der Waals surface area (Å²) in [5.74, 6) is 0.340. The van der Waals surface area contributed by atoms with E-state index in [4.69, 9.17) is 0 Å². The Labute approximate surface area is 156 Å². The lowest BCUT2D eigenvalue weighted by Crippen LogP contribution is -2.20. The van der Waals surface area contributed by atoms with Crippen LogP contribution in [0.3, 0.4) is 0 Å². The number of hydrogen-bond acceptors (Lipinski definition) is 4. The molecule has 1 amide bonds. The molecule has 0 aliphatic rings. The first-order chi connectivity index (χ1) is 12.5. The highest BCUT2D eigenvalue weighted by Gasteiger charge is 2.12. The zero-order chi connectivity index (χ0) is 18.5. The van der Waals surface area contributed by atoms with E-state index < -0.39 is 0 Å². The van der Waals surface area contributed by atoms with Gasteiger partial charge < -0.3 is 5.11 Å². The van der Waals surface area contributed by atoms with E-state index in [1.54, 1.807) is 35.6 Å². The monoisotopic (exact) mass is 364 g/mol. The maximum absolute atomic E-state index is 12.5. The Balaban J connectivity index is 1.88. The molecule has 0 aliphatic carbocycles. The van der Waals surface area contributed by atoms with Crippen molar-refractivity contribution in [2.75, 3.05) is 0 Å². The van der Waals surface area contributed by atoms with Crippen molar-refractivity contribution in [3.05, 3.63) is 87.6 Å². The van der Waals surface area contributed by atoms with Crippen molar-refractivity contribution in [1.29, 1.82) is 0 Å². The fourth-order valence-electron chi connectivity index (χ4n) is 2.46. The Kier molecular flexibility index (Phi) is 5.49. The van der Waals surface area contributed by atoms with Crippen LogP contribution in [0.4, 0.5) is 0 Å². The molecule has 3 rings (SSSR count). The number of carbonyl (C=O) groups excluding carboxylic acids is 1. The minimum atomic E-state index is -0.236. The van der Waals surface area contributed by atoms with Crippen LogP contribution in [0.15, 0.2) is 71.1 Å². The fourth-order valence-corrected chi connectivity index (χ4v) is 3.36. The van der Waals surface area contributed by atoms with Crippen molar-refractivity contribution in [3.63, 3.8) is 0 Å². The van der Waals surface area contributed by atoms with Crippen LogP contribution in [-0.4, -0.2) is 16.7 Å². The molecule has 5 heteroatoms. The van der Waals surface area contributed by atoms with E-state index in [1.165, 1.54) is 4.88 Å². The van der Waals surface area contributed by atoms with Gasteiger partial charge in [0.2, 0.25) is 0 Å². The van der Waals surface area contributed by atoms with Crippen molar-refractivity contribution in [3.8, 4) is 5.75 Å². The topological polar surface area (TPSA) is 61.7 Å². The van der Waals surface area contributed by atoms with Gasteiger partial charge in [0, 0.05) is 21.4 Å². The van der Waals surface area contributed by atoms with E-state index in [9.17, 15) is 9.90 Å². The smallest absolute Gasteiger partial charge is 0.272 e. The third-order valence-corrected chi connectivity index (χ3v) is 5.14. The normalized spacial score (nSPS) is 11.6. The molecule has 132 valence electrons. The van der Waals surface area contributed by atoms with Gasteiger partial charge in [0.25, 0.3) is 5.91 Å². The van der Waals surface area contributed by atoms with Crippen LogP contribution in [0.2, 0.25) is 0 Å². The lowest BCUT2D eigenvalue weighted by Gasteiger charge is -2.08.